The van der Waals surface area contributed by atoms with Gasteiger partial charge in [-0.3, -0.25) is 0 Å². The zero-order valence-electron chi connectivity index (χ0n) is 9.83. The lowest BCUT2D eigenvalue weighted by Crippen LogP contribution is -2.24. The normalized spacial score (nSPS) is 14.7. The van der Waals surface area contributed by atoms with E-state index in [1.807, 2.05) is 6.07 Å². The van der Waals surface area contributed by atoms with E-state index >= 15 is 0 Å². The number of fused-ring (bicyclic) bond motifs is 1. The first kappa shape index (κ1) is 10.5. The van der Waals surface area contributed by atoms with E-state index < -0.39 is 0 Å². The highest BCUT2D eigenvalue weighted by Gasteiger charge is 2.16. The second-order valence-electron chi connectivity index (χ2n) is 4.50. The minimum Gasteiger partial charge on any atom is -0.347 e. The molecule has 0 fully saturated rings. The Kier molecular flexibility index (Phi) is 2.48. The number of rotatable bonds is 1. The molecule has 3 heteroatoms. The number of hydrogen-bond donors (Lipinski definition) is 1. The van der Waals surface area contributed by atoms with Gasteiger partial charge in [-0.2, -0.15) is 0 Å². The summed E-state index contributed by atoms with van der Waals surface area (Å²) in [6, 6.07) is 8.95. The fourth-order valence-corrected chi connectivity index (χ4v) is 2.54. The van der Waals surface area contributed by atoms with Gasteiger partial charge in [0.25, 0.3) is 0 Å². The van der Waals surface area contributed by atoms with Crippen molar-refractivity contribution in [1.29, 1.82) is 0 Å². The van der Waals surface area contributed by atoms with Crippen LogP contribution in [0.15, 0.2) is 30.3 Å². The molecule has 1 aromatic heterocycles. The van der Waals surface area contributed by atoms with E-state index in [-0.39, 0.29) is 5.82 Å². The van der Waals surface area contributed by atoms with Gasteiger partial charge in [0.1, 0.15) is 5.82 Å². The van der Waals surface area contributed by atoms with Gasteiger partial charge in [0, 0.05) is 43.5 Å². The van der Waals surface area contributed by atoms with Crippen molar-refractivity contribution >= 4 is 0 Å². The Labute approximate surface area is 100 Å². The van der Waals surface area contributed by atoms with Gasteiger partial charge in [0.05, 0.1) is 0 Å². The van der Waals surface area contributed by atoms with Crippen LogP contribution in [0, 0.1) is 5.82 Å². The van der Waals surface area contributed by atoms with Gasteiger partial charge >= 0.3 is 0 Å². The van der Waals surface area contributed by atoms with E-state index in [9.17, 15) is 4.39 Å². The van der Waals surface area contributed by atoms with E-state index in [1.165, 1.54) is 17.3 Å². The third-order valence-electron chi connectivity index (χ3n) is 3.42. The number of nitrogens with zero attached hydrogens (tertiary/aromatic N) is 1. The zero-order valence-corrected chi connectivity index (χ0v) is 9.83. The van der Waals surface area contributed by atoms with Crippen molar-refractivity contribution in [2.24, 2.45) is 7.05 Å². The Balaban J connectivity index is 2.12. The largest absolute Gasteiger partial charge is 0.347 e. The lowest BCUT2D eigenvalue weighted by atomic mass is 10.1. The van der Waals surface area contributed by atoms with Crippen molar-refractivity contribution in [1.82, 2.24) is 9.88 Å². The maximum absolute atomic E-state index is 13.2. The van der Waals surface area contributed by atoms with Gasteiger partial charge in [-0.15, -0.1) is 0 Å². The molecule has 0 saturated carbocycles. The predicted octanol–water partition coefficient (Wildman–Crippen LogP) is 2.48. The Bertz CT molecular complexity index is 557. The molecule has 0 radical (unpaired) electrons. The number of nitrogens with one attached hydrogen (secondary N) is 1. The molecule has 2 heterocycles. The van der Waals surface area contributed by atoms with Crippen LogP contribution in [0.5, 0.6) is 0 Å². The first-order valence-corrected chi connectivity index (χ1v) is 5.90. The molecule has 0 aliphatic carbocycles. The van der Waals surface area contributed by atoms with Gasteiger partial charge in [0.15, 0.2) is 0 Å². The van der Waals surface area contributed by atoms with Crippen molar-refractivity contribution < 1.29 is 4.39 Å². The monoisotopic (exact) mass is 230 g/mol. The second kappa shape index (κ2) is 4.00. The lowest BCUT2D eigenvalue weighted by molar-refractivity contribution is 0.618. The molecule has 0 atom stereocenters. The molecule has 1 aromatic carbocycles. The van der Waals surface area contributed by atoms with Crippen molar-refractivity contribution in [3.05, 3.63) is 47.4 Å². The van der Waals surface area contributed by atoms with Crippen LogP contribution >= 0.6 is 0 Å². The van der Waals surface area contributed by atoms with E-state index in [0.29, 0.717) is 0 Å². The topological polar surface area (TPSA) is 17.0 Å². The summed E-state index contributed by atoms with van der Waals surface area (Å²) in [6.45, 7) is 1.94. The van der Waals surface area contributed by atoms with Crippen LogP contribution in [0.25, 0.3) is 11.3 Å². The van der Waals surface area contributed by atoms with E-state index in [4.69, 9.17) is 0 Å². The Morgan fingerprint density at radius 2 is 2.18 bits per heavy atom. The summed E-state index contributed by atoms with van der Waals surface area (Å²) in [7, 11) is 2.06. The van der Waals surface area contributed by atoms with Crippen molar-refractivity contribution in [2.45, 2.75) is 13.0 Å². The van der Waals surface area contributed by atoms with Gasteiger partial charge in [-0.1, -0.05) is 12.1 Å². The van der Waals surface area contributed by atoms with Crippen molar-refractivity contribution in [3.63, 3.8) is 0 Å². The van der Waals surface area contributed by atoms with Gasteiger partial charge in [-0.25, -0.2) is 4.39 Å². The van der Waals surface area contributed by atoms with E-state index in [2.05, 4.69) is 23.0 Å². The fraction of sp³-hybridized carbons (Fsp3) is 0.286. The Morgan fingerprint density at radius 1 is 1.29 bits per heavy atom. The SMILES string of the molecule is Cn1c(-c2cccc(F)c2)cc2c1CCNC2. The quantitative estimate of drug-likeness (QED) is 0.796. The molecule has 2 nitrogen and oxygen atoms in total. The Morgan fingerprint density at radius 3 is 2.94 bits per heavy atom. The number of hydrogen-bond acceptors (Lipinski definition) is 1. The minimum atomic E-state index is -0.181. The molecule has 0 unspecified atom stereocenters. The van der Waals surface area contributed by atoms with Crippen molar-refractivity contribution in [3.8, 4) is 11.3 Å². The number of benzene rings is 1. The number of aromatic nitrogens is 1. The van der Waals surface area contributed by atoms with Gasteiger partial charge in [0.2, 0.25) is 0 Å². The molecule has 2 aromatic rings. The van der Waals surface area contributed by atoms with Gasteiger partial charge < -0.3 is 9.88 Å². The summed E-state index contributed by atoms with van der Waals surface area (Å²) < 4.78 is 15.4. The second-order valence-corrected chi connectivity index (χ2v) is 4.50. The van der Waals surface area contributed by atoms with Crippen LogP contribution in [0.3, 0.4) is 0 Å². The highest BCUT2D eigenvalue weighted by molar-refractivity contribution is 5.62. The Hall–Kier alpha value is -1.61. The summed E-state index contributed by atoms with van der Waals surface area (Å²) in [5, 5.41) is 3.36. The maximum atomic E-state index is 13.2. The van der Waals surface area contributed by atoms with Crippen LogP contribution in [0.1, 0.15) is 11.3 Å². The minimum absolute atomic E-state index is 0.181. The smallest absolute Gasteiger partial charge is 0.123 e. The molecule has 17 heavy (non-hydrogen) atoms. The van der Waals surface area contributed by atoms with Crippen LogP contribution < -0.4 is 5.32 Å². The molecule has 0 bridgehead atoms. The third kappa shape index (κ3) is 1.76. The molecule has 1 aliphatic heterocycles. The van der Waals surface area contributed by atoms with E-state index in [0.717, 1.165) is 30.8 Å². The highest BCUT2D eigenvalue weighted by atomic mass is 19.1. The molecule has 0 saturated heterocycles. The molecule has 88 valence electrons. The molecular formula is C14H15FN2. The van der Waals surface area contributed by atoms with Crippen LogP contribution in [-0.4, -0.2) is 11.1 Å². The molecule has 0 spiro atoms. The van der Waals surface area contributed by atoms with E-state index in [1.54, 1.807) is 12.1 Å². The molecule has 1 aliphatic rings. The first-order valence-electron chi connectivity index (χ1n) is 5.90. The van der Waals surface area contributed by atoms with Gasteiger partial charge in [-0.05, 0) is 23.8 Å². The zero-order chi connectivity index (χ0) is 11.8. The molecule has 0 amide bonds. The standard InChI is InChI=1S/C14H15FN2/c1-17-13-5-6-16-9-11(13)8-14(17)10-3-2-4-12(15)7-10/h2-4,7-8,16H,5-6,9H2,1H3. The number of halogens is 1. The average molecular weight is 230 g/mol. The maximum Gasteiger partial charge on any atom is 0.123 e. The third-order valence-corrected chi connectivity index (χ3v) is 3.42. The summed E-state index contributed by atoms with van der Waals surface area (Å²) in [4.78, 5) is 0. The fourth-order valence-electron chi connectivity index (χ4n) is 2.54. The summed E-state index contributed by atoms with van der Waals surface area (Å²) >= 11 is 0. The molecule has 1 N–H and O–H groups in total. The molecular weight excluding hydrogens is 215 g/mol. The van der Waals surface area contributed by atoms with Crippen LogP contribution in [-0.2, 0) is 20.0 Å². The first-order chi connectivity index (χ1) is 8.25. The summed E-state index contributed by atoms with van der Waals surface area (Å²) in [5.74, 6) is -0.181. The average Bonchev–Trinajstić information content (AvgIpc) is 2.68. The summed E-state index contributed by atoms with van der Waals surface area (Å²) in [5.41, 5.74) is 4.74. The lowest BCUT2D eigenvalue weighted by Gasteiger charge is -2.14. The van der Waals surface area contributed by atoms with Crippen molar-refractivity contribution in [2.75, 3.05) is 6.54 Å². The summed E-state index contributed by atoms with van der Waals surface area (Å²) in [6.07, 6.45) is 1.04. The predicted molar refractivity (Wildman–Crippen MR) is 66.2 cm³/mol. The highest BCUT2D eigenvalue weighted by Crippen LogP contribution is 2.27. The van der Waals surface area contributed by atoms with Crippen LogP contribution in [0.2, 0.25) is 0 Å². The van der Waals surface area contributed by atoms with Crippen LogP contribution in [0.4, 0.5) is 4.39 Å². The molecule has 3 rings (SSSR count).